The molecule has 1 unspecified atom stereocenters. The Balaban J connectivity index is 1.75. The monoisotopic (exact) mass is 326 g/mol. The van der Waals surface area contributed by atoms with Gasteiger partial charge >= 0.3 is 6.18 Å². The Labute approximate surface area is 131 Å². The summed E-state index contributed by atoms with van der Waals surface area (Å²) in [7, 11) is 0. The summed E-state index contributed by atoms with van der Waals surface area (Å²) in [6.45, 7) is 0.698. The fraction of sp³-hybridized carbons (Fsp3) is 0.312. The Morgan fingerprint density at radius 2 is 2.04 bits per heavy atom. The van der Waals surface area contributed by atoms with Gasteiger partial charge in [0.05, 0.1) is 5.56 Å². The molecule has 1 aromatic carbocycles. The summed E-state index contributed by atoms with van der Waals surface area (Å²) in [6.07, 6.45) is -1.87. The van der Waals surface area contributed by atoms with Gasteiger partial charge in [0.15, 0.2) is 0 Å². The summed E-state index contributed by atoms with van der Waals surface area (Å²) in [6, 6.07) is 8.28. The molecule has 1 atom stereocenters. The first kappa shape index (κ1) is 17.2. The van der Waals surface area contributed by atoms with E-state index in [9.17, 15) is 18.3 Å². The minimum Gasteiger partial charge on any atom is -0.491 e. The number of aliphatic hydroxyl groups is 1. The maximum absolute atomic E-state index is 12.6. The van der Waals surface area contributed by atoms with Gasteiger partial charge in [0.25, 0.3) is 0 Å². The predicted molar refractivity (Wildman–Crippen MR) is 78.9 cm³/mol. The molecule has 0 saturated carbocycles. The second-order valence-corrected chi connectivity index (χ2v) is 4.98. The lowest BCUT2D eigenvalue weighted by Gasteiger charge is -2.14. The summed E-state index contributed by atoms with van der Waals surface area (Å²) in [5, 5.41) is 12.8. The van der Waals surface area contributed by atoms with Gasteiger partial charge in [0.2, 0.25) is 0 Å². The third kappa shape index (κ3) is 5.88. The van der Waals surface area contributed by atoms with E-state index in [1.807, 2.05) is 12.1 Å². The van der Waals surface area contributed by atoms with Crippen LogP contribution in [0.5, 0.6) is 5.75 Å². The molecule has 2 N–H and O–H groups in total. The molecule has 0 saturated heterocycles. The third-order valence-electron chi connectivity index (χ3n) is 3.04. The first-order valence-corrected chi connectivity index (χ1v) is 7.03. The van der Waals surface area contributed by atoms with E-state index in [1.54, 1.807) is 12.4 Å². The molecule has 0 aliphatic rings. The van der Waals surface area contributed by atoms with Crippen molar-refractivity contribution in [1.82, 2.24) is 10.3 Å². The Kier molecular flexibility index (Phi) is 5.95. The molecule has 4 nitrogen and oxygen atoms in total. The van der Waals surface area contributed by atoms with Gasteiger partial charge in [-0.15, -0.1) is 0 Å². The summed E-state index contributed by atoms with van der Waals surface area (Å²) < 4.78 is 42.9. The van der Waals surface area contributed by atoms with Crippen LogP contribution in [-0.4, -0.2) is 29.3 Å². The Hall–Kier alpha value is -2.12. The van der Waals surface area contributed by atoms with Crippen molar-refractivity contribution in [3.8, 4) is 5.75 Å². The highest BCUT2D eigenvalue weighted by Crippen LogP contribution is 2.31. The van der Waals surface area contributed by atoms with E-state index in [2.05, 4.69) is 10.3 Å². The third-order valence-corrected chi connectivity index (χ3v) is 3.04. The van der Waals surface area contributed by atoms with E-state index in [4.69, 9.17) is 4.74 Å². The number of hydrogen-bond donors (Lipinski definition) is 2. The first-order valence-electron chi connectivity index (χ1n) is 7.03. The van der Waals surface area contributed by atoms with Gasteiger partial charge in [-0.1, -0.05) is 12.1 Å². The van der Waals surface area contributed by atoms with Crippen molar-refractivity contribution in [2.75, 3.05) is 13.2 Å². The van der Waals surface area contributed by atoms with Crippen LogP contribution in [0.1, 0.15) is 11.1 Å². The largest absolute Gasteiger partial charge is 0.491 e. The quantitative estimate of drug-likeness (QED) is 0.821. The normalized spacial score (nSPS) is 12.9. The topological polar surface area (TPSA) is 54.4 Å². The van der Waals surface area contributed by atoms with Crippen molar-refractivity contribution in [3.63, 3.8) is 0 Å². The van der Waals surface area contributed by atoms with E-state index in [0.29, 0.717) is 6.54 Å². The van der Waals surface area contributed by atoms with Crippen LogP contribution in [0.4, 0.5) is 13.2 Å². The van der Waals surface area contributed by atoms with Gasteiger partial charge in [-0.25, -0.2) is 0 Å². The van der Waals surface area contributed by atoms with Crippen molar-refractivity contribution < 1.29 is 23.0 Å². The van der Waals surface area contributed by atoms with E-state index in [0.717, 1.165) is 17.7 Å². The smallest absolute Gasteiger partial charge is 0.416 e. The van der Waals surface area contributed by atoms with Crippen LogP contribution < -0.4 is 10.1 Å². The number of hydrogen-bond acceptors (Lipinski definition) is 4. The van der Waals surface area contributed by atoms with Crippen molar-refractivity contribution in [1.29, 1.82) is 0 Å². The Bertz CT molecular complexity index is 606. The van der Waals surface area contributed by atoms with Gasteiger partial charge in [0.1, 0.15) is 18.5 Å². The minimum atomic E-state index is -4.41. The molecule has 2 rings (SSSR count). The van der Waals surface area contributed by atoms with Crippen LogP contribution >= 0.6 is 0 Å². The molecule has 124 valence electrons. The fourth-order valence-electron chi connectivity index (χ4n) is 1.90. The minimum absolute atomic E-state index is 0.0751. The highest BCUT2D eigenvalue weighted by atomic mass is 19.4. The van der Waals surface area contributed by atoms with E-state index in [1.165, 1.54) is 12.1 Å². The lowest BCUT2D eigenvalue weighted by Crippen LogP contribution is -2.31. The molecule has 7 heteroatoms. The molecule has 0 fully saturated rings. The number of aromatic nitrogens is 1. The molecule has 0 spiro atoms. The van der Waals surface area contributed by atoms with Crippen LogP contribution in [0.15, 0.2) is 48.8 Å². The van der Waals surface area contributed by atoms with Crippen molar-refractivity contribution in [2.45, 2.75) is 18.8 Å². The zero-order valence-electron chi connectivity index (χ0n) is 12.3. The SMILES string of the molecule is OC(CNCc1cccnc1)COc1cccc(C(F)(F)F)c1. The summed E-state index contributed by atoms with van der Waals surface area (Å²) in [5.74, 6) is 0.0751. The highest BCUT2D eigenvalue weighted by Gasteiger charge is 2.30. The van der Waals surface area contributed by atoms with Crippen LogP contribution in [0.25, 0.3) is 0 Å². The molecule has 1 aromatic heterocycles. The maximum Gasteiger partial charge on any atom is 0.416 e. The maximum atomic E-state index is 12.6. The number of alkyl halides is 3. The first-order chi connectivity index (χ1) is 10.9. The number of rotatable bonds is 7. The fourth-order valence-corrected chi connectivity index (χ4v) is 1.90. The predicted octanol–water partition coefficient (Wildman–Crippen LogP) is 2.63. The molecule has 0 bridgehead atoms. The lowest BCUT2D eigenvalue weighted by molar-refractivity contribution is -0.137. The molecule has 23 heavy (non-hydrogen) atoms. The van der Waals surface area contributed by atoms with Crippen molar-refractivity contribution >= 4 is 0 Å². The number of nitrogens with zero attached hydrogens (tertiary/aromatic N) is 1. The van der Waals surface area contributed by atoms with Gasteiger partial charge in [-0.05, 0) is 29.8 Å². The molecule has 0 aliphatic heterocycles. The zero-order chi connectivity index (χ0) is 16.7. The van der Waals surface area contributed by atoms with Crippen LogP contribution in [-0.2, 0) is 12.7 Å². The average Bonchev–Trinajstić information content (AvgIpc) is 2.53. The average molecular weight is 326 g/mol. The van der Waals surface area contributed by atoms with Crippen LogP contribution in [0.2, 0.25) is 0 Å². The molecular formula is C16H17F3N2O2. The number of benzene rings is 1. The van der Waals surface area contributed by atoms with Gasteiger partial charge in [-0.3, -0.25) is 4.98 Å². The van der Waals surface area contributed by atoms with Gasteiger partial charge < -0.3 is 15.2 Å². The summed E-state index contributed by atoms with van der Waals surface area (Å²) in [5.41, 5.74) is 0.192. The number of ether oxygens (including phenoxy) is 1. The van der Waals surface area contributed by atoms with Crippen molar-refractivity contribution in [3.05, 3.63) is 59.9 Å². The highest BCUT2D eigenvalue weighted by molar-refractivity contribution is 5.30. The lowest BCUT2D eigenvalue weighted by atomic mass is 10.2. The Morgan fingerprint density at radius 1 is 1.22 bits per heavy atom. The standard InChI is InChI=1S/C16H17F3N2O2/c17-16(18,19)13-4-1-5-15(7-13)23-11-14(22)10-21-9-12-3-2-6-20-8-12/h1-8,14,21-22H,9-11H2. The second kappa shape index (κ2) is 7.94. The van der Waals surface area contributed by atoms with E-state index >= 15 is 0 Å². The molecule has 0 amide bonds. The molecule has 0 radical (unpaired) electrons. The Morgan fingerprint density at radius 3 is 2.74 bits per heavy atom. The molecular weight excluding hydrogens is 309 g/mol. The second-order valence-electron chi connectivity index (χ2n) is 4.98. The summed E-state index contributed by atoms with van der Waals surface area (Å²) >= 11 is 0. The number of nitrogens with one attached hydrogen (secondary N) is 1. The number of aliphatic hydroxyl groups excluding tert-OH is 1. The summed E-state index contributed by atoms with van der Waals surface area (Å²) in [4.78, 5) is 3.97. The molecule has 2 aromatic rings. The molecule has 0 aliphatic carbocycles. The van der Waals surface area contributed by atoms with Gasteiger partial charge in [-0.2, -0.15) is 13.2 Å². The zero-order valence-corrected chi connectivity index (χ0v) is 12.3. The van der Waals surface area contributed by atoms with Crippen LogP contribution in [0.3, 0.4) is 0 Å². The van der Waals surface area contributed by atoms with Crippen molar-refractivity contribution in [2.24, 2.45) is 0 Å². The number of pyridine rings is 1. The van der Waals surface area contributed by atoms with Crippen LogP contribution in [0, 0.1) is 0 Å². The van der Waals surface area contributed by atoms with E-state index < -0.39 is 17.8 Å². The van der Waals surface area contributed by atoms with Gasteiger partial charge in [0, 0.05) is 25.5 Å². The number of halogens is 3. The molecule has 1 heterocycles. The van der Waals surface area contributed by atoms with E-state index in [-0.39, 0.29) is 18.9 Å².